The number of esters is 1. The van der Waals surface area contributed by atoms with E-state index in [0.29, 0.717) is 5.56 Å². The van der Waals surface area contributed by atoms with E-state index < -0.39 is 35.1 Å². The Hall–Kier alpha value is -2.76. The monoisotopic (exact) mass is 476 g/mol. The number of nitrogens with one attached hydrogen (secondary N) is 2. The van der Waals surface area contributed by atoms with Crippen LogP contribution in [0.5, 0.6) is 5.75 Å². The Balaban J connectivity index is 2.03. The van der Waals surface area contributed by atoms with E-state index >= 15 is 0 Å². The lowest BCUT2D eigenvalue weighted by atomic mass is 10.1. The van der Waals surface area contributed by atoms with Gasteiger partial charge in [-0.05, 0) is 42.8 Å². The minimum Gasteiger partial charge on any atom is -0.452 e. The van der Waals surface area contributed by atoms with Crippen molar-refractivity contribution in [2.75, 3.05) is 18.5 Å². The molecule has 31 heavy (non-hydrogen) atoms. The van der Waals surface area contributed by atoms with Gasteiger partial charge >= 0.3 is 12.6 Å². The minimum atomic E-state index is -3.78. The molecule has 0 fully saturated rings. The number of alkyl halides is 2. The van der Waals surface area contributed by atoms with Crippen LogP contribution < -0.4 is 14.8 Å². The molecule has 0 heterocycles. The van der Waals surface area contributed by atoms with Gasteiger partial charge in [-0.2, -0.15) is 8.78 Å². The van der Waals surface area contributed by atoms with Crippen LogP contribution in [0.15, 0.2) is 41.3 Å². The molecule has 1 amide bonds. The van der Waals surface area contributed by atoms with Crippen LogP contribution in [0.3, 0.4) is 0 Å². The highest BCUT2D eigenvalue weighted by Crippen LogP contribution is 2.29. The molecule has 2 aromatic rings. The van der Waals surface area contributed by atoms with Crippen molar-refractivity contribution in [2.24, 2.45) is 0 Å². The lowest BCUT2D eigenvalue weighted by Gasteiger charge is -2.11. The Morgan fingerprint density at radius 1 is 1.16 bits per heavy atom. The number of ether oxygens (including phenoxy) is 2. The van der Waals surface area contributed by atoms with Crippen molar-refractivity contribution < 1.29 is 36.3 Å². The molecule has 2 aromatic carbocycles. The third kappa shape index (κ3) is 6.88. The smallest absolute Gasteiger partial charge is 0.387 e. The maximum atomic E-state index is 12.3. The highest BCUT2D eigenvalue weighted by atomic mass is 35.5. The molecule has 0 saturated carbocycles. The summed E-state index contributed by atoms with van der Waals surface area (Å²) < 4.78 is 60.2. The number of aryl methyl sites for hydroxylation is 1. The van der Waals surface area contributed by atoms with Crippen molar-refractivity contribution >= 4 is 39.2 Å². The summed E-state index contributed by atoms with van der Waals surface area (Å²) in [7, 11) is -3.78. The van der Waals surface area contributed by atoms with Crippen LogP contribution in [-0.4, -0.2) is 40.1 Å². The Labute approximate surface area is 182 Å². The van der Waals surface area contributed by atoms with E-state index in [1.165, 1.54) is 24.3 Å². The standard InChI is InChI=1S/C19H19ClF2N2O6S/c1-3-23-31(27,28)13-6-4-11(2)14(9-13)18(26)29-10-17(25)24-12-5-7-16(15(20)8-12)30-19(21)22/h4-9,19,23H,3,10H2,1-2H3,(H,24,25). The molecule has 2 rings (SSSR count). The van der Waals surface area contributed by atoms with Crippen molar-refractivity contribution in [2.45, 2.75) is 25.4 Å². The fourth-order valence-corrected chi connectivity index (χ4v) is 3.73. The highest BCUT2D eigenvalue weighted by molar-refractivity contribution is 7.89. The molecule has 0 radical (unpaired) electrons. The molecule has 8 nitrogen and oxygen atoms in total. The van der Waals surface area contributed by atoms with Gasteiger partial charge < -0.3 is 14.8 Å². The Morgan fingerprint density at radius 3 is 2.48 bits per heavy atom. The van der Waals surface area contributed by atoms with E-state index in [9.17, 15) is 26.8 Å². The van der Waals surface area contributed by atoms with Gasteiger partial charge in [-0.3, -0.25) is 4.79 Å². The van der Waals surface area contributed by atoms with Crippen LogP contribution in [-0.2, 0) is 19.6 Å². The molecule has 0 aromatic heterocycles. The van der Waals surface area contributed by atoms with Gasteiger partial charge in [-0.15, -0.1) is 0 Å². The summed E-state index contributed by atoms with van der Waals surface area (Å²) in [5, 5.41) is 2.24. The third-order valence-corrected chi connectivity index (χ3v) is 5.68. The molecule has 0 saturated heterocycles. The van der Waals surface area contributed by atoms with Crippen molar-refractivity contribution in [3.05, 3.63) is 52.5 Å². The molecule has 0 aliphatic rings. The molecule has 0 spiro atoms. The number of sulfonamides is 1. The lowest BCUT2D eigenvalue weighted by molar-refractivity contribution is -0.119. The quantitative estimate of drug-likeness (QED) is 0.537. The summed E-state index contributed by atoms with van der Waals surface area (Å²) in [5.41, 5.74) is 0.619. The van der Waals surface area contributed by atoms with Gasteiger partial charge in [-0.1, -0.05) is 24.6 Å². The summed E-state index contributed by atoms with van der Waals surface area (Å²) in [6.45, 7) is -0.338. The van der Waals surface area contributed by atoms with Crippen LogP contribution in [0, 0.1) is 6.92 Å². The number of amides is 1. The van der Waals surface area contributed by atoms with Crippen molar-refractivity contribution in [1.29, 1.82) is 0 Å². The summed E-state index contributed by atoms with van der Waals surface area (Å²) in [4.78, 5) is 24.3. The highest BCUT2D eigenvalue weighted by Gasteiger charge is 2.19. The minimum absolute atomic E-state index is 0.0108. The van der Waals surface area contributed by atoms with E-state index in [-0.39, 0.29) is 33.5 Å². The van der Waals surface area contributed by atoms with Crippen molar-refractivity contribution in [1.82, 2.24) is 4.72 Å². The largest absolute Gasteiger partial charge is 0.452 e. The SMILES string of the molecule is CCNS(=O)(=O)c1ccc(C)c(C(=O)OCC(=O)Nc2ccc(OC(F)F)c(Cl)c2)c1. The number of hydrogen-bond acceptors (Lipinski definition) is 6. The van der Waals surface area contributed by atoms with Crippen molar-refractivity contribution in [3.8, 4) is 5.75 Å². The first kappa shape index (κ1) is 24.5. The van der Waals surface area contributed by atoms with Crippen LogP contribution in [0.25, 0.3) is 0 Å². The van der Waals surface area contributed by atoms with Crippen LogP contribution >= 0.6 is 11.6 Å². The maximum absolute atomic E-state index is 12.3. The van der Waals surface area contributed by atoms with Gasteiger partial charge in [0.25, 0.3) is 5.91 Å². The number of carbonyl (C=O) groups is 2. The average Bonchev–Trinajstić information content (AvgIpc) is 2.68. The van der Waals surface area contributed by atoms with Crippen LogP contribution in [0.1, 0.15) is 22.8 Å². The van der Waals surface area contributed by atoms with Gasteiger partial charge in [0.2, 0.25) is 10.0 Å². The number of rotatable bonds is 9. The molecule has 168 valence electrons. The third-order valence-electron chi connectivity index (χ3n) is 3.84. The number of anilines is 1. The van der Waals surface area contributed by atoms with Crippen LogP contribution in [0.4, 0.5) is 14.5 Å². The van der Waals surface area contributed by atoms with E-state index in [1.807, 2.05) is 0 Å². The maximum Gasteiger partial charge on any atom is 0.387 e. The second-order valence-electron chi connectivity index (χ2n) is 6.13. The van der Waals surface area contributed by atoms with Crippen LogP contribution in [0.2, 0.25) is 5.02 Å². The van der Waals surface area contributed by atoms with E-state index in [4.69, 9.17) is 16.3 Å². The molecule has 0 unspecified atom stereocenters. The van der Waals surface area contributed by atoms with Gasteiger partial charge in [0.15, 0.2) is 6.61 Å². The molecule has 2 N–H and O–H groups in total. The van der Waals surface area contributed by atoms with E-state index in [2.05, 4.69) is 14.8 Å². The predicted molar refractivity (Wildman–Crippen MR) is 109 cm³/mol. The van der Waals surface area contributed by atoms with E-state index in [1.54, 1.807) is 13.8 Å². The first-order chi connectivity index (χ1) is 14.5. The zero-order chi connectivity index (χ0) is 23.2. The second-order valence-corrected chi connectivity index (χ2v) is 8.30. The molecular formula is C19H19ClF2N2O6S. The summed E-state index contributed by atoms with van der Waals surface area (Å²) in [5.74, 6) is -1.87. The summed E-state index contributed by atoms with van der Waals surface area (Å²) >= 11 is 5.81. The zero-order valence-corrected chi connectivity index (χ0v) is 18.0. The molecule has 0 bridgehead atoms. The fourth-order valence-electron chi connectivity index (χ4n) is 2.44. The molecule has 0 aliphatic heterocycles. The zero-order valence-electron chi connectivity index (χ0n) is 16.4. The molecular weight excluding hydrogens is 458 g/mol. The predicted octanol–water partition coefficient (Wildman–Crippen LogP) is 3.34. The lowest BCUT2D eigenvalue weighted by Crippen LogP contribution is -2.24. The first-order valence-corrected chi connectivity index (χ1v) is 10.7. The number of hydrogen-bond donors (Lipinski definition) is 2. The Kier molecular flexibility index (Phi) is 8.31. The Bertz CT molecular complexity index is 1080. The van der Waals surface area contributed by atoms with Gasteiger partial charge in [0.05, 0.1) is 15.5 Å². The average molecular weight is 477 g/mol. The number of halogens is 3. The van der Waals surface area contributed by atoms with Gasteiger partial charge in [0, 0.05) is 12.2 Å². The molecule has 12 heteroatoms. The normalized spacial score (nSPS) is 11.3. The number of benzene rings is 2. The van der Waals surface area contributed by atoms with Crippen molar-refractivity contribution in [3.63, 3.8) is 0 Å². The van der Waals surface area contributed by atoms with E-state index in [0.717, 1.165) is 12.1 Å². The topological polar surface area (TPSA) is 111 Å². The van der Waals surface area contributed by atoms with Gasteiger partial charge in [0.1, 0.15) is 5.75 Å². The fraction of sp³-hybridized carbons (Fsp3) is 0.263. The first-order valence-electron chi connectivity index (χ1n) is 8.85. The summed E-state index contributed by atoms with van der Waals surface area (Å²) in [6.07, 6.45) is 0. The summed E-state index contributed by atoms with van der Waals surface area (Å²) in [6, 6.07) is 7.58. The number of carbonyl (C=O) groups excluding carboxylic acids is 2. The van der Waals surface area contributed by atoms with Gasteiger partial charge in [-0.25, -0.2) is 17.9 Å². The molecule has 0 atom stereocenters. The molecule has 0 aliphatic carbocycles. The Morgan fingerprint density at radius 2 is 1.87 bits per heavy atom. The second kappa shape index (κ2) is 10.5.